The first-order chi connectivity index (χ1) is 8.87. The lowest BCUT2D eigenvalue weighted by atomic mass is 9.84. The third kappa shape index (κ3) is 3.19. The highest BCUT2D eigenvalue weighted by molar-refractivity contribution is 5.94. The highest BCUT2D eigenvalue weighted by Crippen LogP contribution is 2.32. The number of non-ortho nitro benzene ring substituents is 1. The Kier molecular flexibility index (Phi) is 3.38. The second kappa shape index (κ2) is 4.84. The van der Waals surface area contributed by atoms with Gasteiger partial charge in [0.2, 0.25) is 0 Å². The molecule has 1 fully saturated rings. The largest absolute Gasteiger partial charge is 0.462 e. The minimum atomic E-state index is -0.449. The van der Waals surface area contributed by atoms with Crippen molar-refractivity contribution in [2.24, 2.45) is 5.41 Å². The van der Waals surface area contributed by atoms with Crippen molar-refractivity contribution in [2.75, 3.05) is 6.61 Å². The number of carbonyl (C=O) groups is 1. The maximum Gasteiger partial charge on any atom is 0.334 e. The zero-order valence-electron chi connectivity index (χ0n) is 10.9. The predicted octanol–water partition coefficient (Wildman–Crippen LogP) is 2.95. The third-order valence-electron chi connectivity index (χ3n) is 2.97. The van der Waals surface area contributed by atoms with Crippen molar-refractivity contribution in [3.63, 3.8) is 0 Å². The fraction of sp³-hybridized carbons (Fsp3) is 0.357. The molecule has 1 saturated heterocycles. The molecule has 5 heteroatoms. The molecule has 100 valence electrons. The number of nitrogens with zero attached hydrogens (tertiary/aromatic N) is 1. The fourth-order valence-corrected chi connectivity index (χ4v) is 2.00. The normalized spacial score (nSPS) is 20.1. The van der Waals surface area contributed by atoms with Crippen LogP contribution in [0.3, 0.4) is 0 Å². The molecule has 0 unspecified atom stereocenters. The minimum Gasteiger partial charge on any atom is -0.462 e. The topological polar surface area (TPSA) is 69.4 Å². The van der Waals surface area contributed by atoms with Gasteiger partial charge in [-0.05, 0) is 30.2 Å². The van der Waals surface area contributed by atoms with E-state index in [0.29, 0.717) is 18.6 Å². The zero-order valence-corrected chi connectivity index (χ0v) is 10.9. The van der Waals surface area contributed by atoms with Gasteiger partial charge in [-0.15, -0.1) is 0 Å². The van der Waals surface area contributed by atoms with E-state index in [4.69, 9.17) is 4.74 Å². The summed E-state index contributed by atoms with van der Waals surface area (Å²) in [5.74, 6) is -0.308. The van der Waals surface area contributed by atoms with Gasteiger partial charge in [0.05, 0.1) is 11.5 Å². The molecule has 19 heavy (non-hydrogen) atoms. The highest BCUT2D eigenvalue weighted by Gasteiger charge is 2.30. The molecule has 0 radical (unpaired) electrons. The van der Waals surface area contributed by atoms with E-state index in [1.54, 1.807) is 18.2 Å². The molecule has 2 rings (SSSR count). The molecule has 1 aromatic rings. The first-order valence-electron chi connectivity index (χ1n) is 6.00. The van der Waals surface area contributed by atoms with Crippen LogP contribution in [0, 0.1) is 15.5 Å². The number of rotatable bonds is 2. The average Bonchev–Trinajstić information content (AvgIpc) is 2.34. The number of cyclic esters (lactones) is 1. The Bertz CT molecular complexity index is 543. The summed E-state index contributed by atoms with van der Waals surface area (Å²) in [5, 5.41) is 10.6. The van der Waals surface area contributed by atoms with Gasteiger partial charge in [-0.1, -0.05) is 13.8 Å². The van der Waals surface area contributed by atoms with Crippen LogP contribution < -0.4 is 0 Å². The van der Waals surface area contributed by atoms with Crippen molar-refractivity contribution >= 4 is 17.7 Å². The monoisotopic (exact) mass is 261 g/mol. The van der Waals surface area contributed by atoms with Gasteiger partial charge >= 0.3 is 5.97 Å². The van der Waals surface area contributed by atoms with Gasteiger partial charge in [0.15, 0.2) is 0 Å². The number of esters is 1. The van der Waals surface area contributed by atoms with E-state index in [0.717, 1.165) is 5.56 Å². The molecular weight excluding hydrogens is 246 g/mol. The van der Waals surface area contributed by atoms with Crippen LogP contribution in [0.5, 0.6) is 0 Å². The van der Waals surface area contributed by atoms with Crippen molar-refractivity contribution in [2.45, 2.75) is 20.3 Å². The smallest absolute Gasteiger partial charge is 0.334 e. The number of ether oxygens (including phenoxy) is 1. The summed E-state index contributed by atoms with van der Waals surface area (Å²) in [6.07, 6.45) is 2.37. The molecule has 5 nitrogen and oxygen atoms in total. The van der Waals surface area contributed by atoms with Crippen LogP contribution in [0.4, 0.5) is 5.69 Å². The van der Waals surface area contributed by atoms with Crippen LogP contribution in [0.1, 0.15) is 25.8 Å². The van der Waals surface area contributed by atoms with E-state index < -0.39 is 4.92 Å². The minimum absolute atomic E-state index is 0.0358. The molecule has 0 atom stereocenters. The van der Waals surface area contributed by atoms with Gasteiger partial charge in [-0.3, -0.25) is 10.1 Å². The summed E-state index contributed by atoms with van der Waals surface area (Å²) in [5.41, 5.74) is 1.33. The van der Waals surface area contributed by atoms with Gasteiger partial charge in [-0.25, -0.2) is 4.79 Å². The van der Waals surface area contributed by atoms with Crippen LogP contribution >= 0.6 is 0 Å². The SMILES string of the molecule is CC1(C)COC(=O)/C(=C/c2ccc([N+](=O)[O-])cc2)C1. The van der Waals surface area contributed by atoms with E-state index >= 15 is 0 Å². The molecule has 0 saturated carbocycles. The Labute approximate surface area is 111 Å². The summed E-state index contributed by atoms with van der Waals surface area (Å²) in [6.45, 7) is 4.48. The van der Waals surface area contributed by atoms with Gasteiger partial charge in [0, 0.05) is 23.1 Å². The molecule has 0 aliphatic carbocycles. The average molecular weight is 261 g/mol. The van der Waals surface area contributed by atoms with Crippen molar-refractivity contribution in [1.82, 2.24) is 0 Å². The maximum atomic E-state index is 11.7. The standard InChI is InChI=1S/C14H15NO4/c1-14(2)8-11(13(16)19-9-14)7-10-3-5-12(6-4-10)15(17)18/h3-7H,8-9H2,1-2H3/b11-7+. The Morgan fingerprint density at radius 3 is 2.53 bits per heavy atom. The first-order valence-corrected chi connectivity index (χ1v) is 6.00. The summed E-state index contributed by atoms with van der Waals surface area (Å²) in [7, 11) is 0. The molecular formula is C14H15NO4. The van der Waals surface area contributed by atoms with Crippen molar-refractivity contribution < 1.29 is 14.5 Å². The number of nitro benzene ring substituents is 1. The van der Waals surface area contributed by atoms with Crippen LogP contribution in [-0.4, -0.2) is 17.5 Å². The molecule has 0 N–H and O–H groups in total. The molecule has 1 aliphatic rings. The summed E-state index contributed by atoms with van der Waals surface area (Å²) >= 11 is 0. The lowest BCUT2D eigenvalue weighted by Gasteiger charge is -2.30. The Morgan fingerprint density at radius 2 is 1.95 bits per heavy atom. The summed E-state index contributed by atoms with van der Waals surface area (Å²) < 4.78 is 5.12. The molecule has 0 aromatic heterocycles. The second-order valence-electron chi connectivity index (χ2n) is 5.44. The lowest BCUT2D eigenvalue weighted by molar-refractivity contribution is -0.384. The van der Waals surface area contributed by atoms with E-state index in [9.17, 15) is 14.9 Å². The molecule has 0 spiro atoms. The van der Waals surface area contributed by atoms with Crippen molar-refractivity contribution in [1.29, 1.82) is 0 Å². The Balaban J connectivity index is 2.24. The van der Waals surface area contributed by atoms with Crippen LogP contribution in [0.25, 0.3) is 6.08 Å². The van der Waals surface area contributed by atoms with Crippen molar-refractivity contribution in [3.8, 4) is 0 Å². The quantitative estimate of drug-likeness (QED) is 0.355. The van der Waals surface area contributed by atoms with E-state index in [-0.39, 0.29) is 17.1 Å². The van der Waals surface area contributed by atoms with E-state index in [1.165, 1.54) is 12.1 Å². The van der Waals surface area contributed by atoms with Gasteiger partial charge in [-0.2, -0.15) is 0 Å². The van der Waals surface area contributed by atoms with Gasteiger partial charge < -0.3 is 4.74 Å². The number of hydrogen-bond donors (Lipinski definition) is 0. The Morgan fingerprint density at radius 1 is 1.32 bits per heavy atom. The number of nitro groups is 1. The molecule has 1 aliphatic heterocycles. The number of carbonyl (C=O) groups excluding carboxylic acids is 1. The fourth-order valence-electron chi connectivity index (χ4n) is 2.00. The first kappa shape index (κ1) is 13.3. The maximum absolute atomic E-state index is 11.7. The van der Waals surface area contributed by atoms with Crippen LogP contribution in [0.2, 0.25) is 0 Å². The van der Waals surface area contributed by atoms with E-state index in [1.807, 2.05) is 13.8 Å². The third-order valence-corrected chi connectivity index (χ3v) is 2.97. The predicted molar refractivity (Wildman–Crippen MR) is 70.4 cm³/mol. The Hall–Kier alpha value is -2.17. The lowest BCUT2D eigenvalue weighted by Crippen LogP contribution is -2.30. The molecule has 1 heterocycles. The van der Waals surface area contributed by atoms with Gasteiger partial charge in [0.25, 0.3) is 5.69 Å². The zero-order chi connectivity index (χ0) is 14.0. The highest BCUT2D eigenvalue weighted by atomic mass is 16.6. The van der Waals surface area contributed by atoms with E-state index in [2.05, 4.69) is 0 Å². The summed E-state index contributed by atoms with van der Waals surface area (Å²) in [6, 6.07) is 6.09. The van der Waals surface area contributed by atoms with Crippen LogP contribution in [0.15, 0.2) is 29.8 Å². The number of hydrogen-bond acceptors (Lipinski definition) is 4. The second-order valence-corrected chi connectivity index (χ2v) is 5.44. The van der Waals surface area contributed by atoms with Crippen molar-refractivity contribution in [3.05, 3.63) is 45.5 Å². The molecule has 1 aromatic carbocycles. The molecule has 0 amide bonds. The van der Waals surface area contributed by atoms with Crippen LogP contribution in [-0.2, 0) is 9.53 Å². The summed E-state index contributed by atoms with van der Waals surface area (Å²) in [4.78, 5) is 21.8. The number of benzene rings is 1. The van der Waals surface area contributed by atoms with Gasteiger partial charge in [0.1, 0.15) is 0 Å². The molecule has 0 bridgehead atoms.